The molecule has 2 aromatic rings. The van der Waals surface area contributed by atoms with Crippen molar-refractivity contribution in [3.05, 3.63) is 59.7 Å². The van der Waals surface area contributed by atoms with Crippen LogP contribution >= 0.6 is 35.7 Å². The van der Waals surface area contributed by atoms with Crippen molar-refractivity contribution in [2.75, 3.05) is 17.6 Å². The third kappa shape index (κ3) is 6.70. The highest BCUT2D eigenvalue weighted by molar-refractivity contribution is 14.0. The number of anilines is 1. The minimum Gasteiger partial charge on any atom is -0.370 e. The molecule has 0 atom stereocenters. The first-order valence-corrected chi connectivity index (χ1v) is 7.95. The number of benzene rings is 2. The molecule has 0 spiro atoms. The summed E-state index contributed by atoms with van der Waals surface area (Å²) in [6.45, 7) is 4.85. The fraction of sp³-hybridized carbons (Fsp3) is 0.235. The lowest BCUT2D eigenvalue weighted by atomic mass is 10.2. The molecule has 0 heterocycles. The Labute approximate surface area is 153 Å². The fourth-order valence-electron chi connectivity index (χ4n) is 1.79. The van der Waals surface area contributed by atoms with Crippen LogP contribution < -0.4 is 11.1 Å². The first kappa shape index (κ1) is 18.8. The molecule has 0 amide bonds. The molecular weight excluding hydrogens is 405 g/mol. The number of halogens is 1. The molecule has 2 aromatic carbocycles. The van der Waals surface area contributed by atoms with E-state index in [-0.39, 0.29) is 24.0 Å². The van der Waals surface area contributed by atoms with Crippen molar-refractivity contribution in [2.45, 2.75) is 18.7 Å². The molecule has 3 nitrogen and oxygen atoms in total. The average molecular weight is 427 g/mol. The van der Waals surface area contributed by atoms with Gasteiger partial charge in [-0.25, -0.2) is 0 Å². The quantitative estimate of drug-likeness (QED) is 0.244. The highest BCUT2D eigenvalue weighted by Crippen LogP contribution is 2.17. The number of aliphatic imine (C=N–C) groups is 1. The normalized spacial score (nSPS) is 10.9. The van der Waals surface area contributed by atoms with Gasteiger partial charge in [-0.1, -0.05) is 35.4 Å². The Morgan fingerprint density at radius 1 is 1.00 bits per heavy atom. The van der Waals surface area contributed by atoms with Crippen molar-refractivity contribution < 1.29 is 0 Å². The number of hydrogen-bond acceptors (Lipinski definition) is 2. The third-order valence-corrected chi connectivity index (χ3v) is 3.98. The molecule has 2 rings (SSSR count). The van der Waals surface area contributed by atoms with Crippen molar-refractivity contribution in [3.8, 4) is 0 Å². The first-order chi connectivity index (χ1) is 10.1. The average Bonchev–Trinajstić information content (AvgIpc) is 2.48. The van der Waals surface area contributed by atoms with Gasteiger partial charge in [0.2, 0.25) is 0 Å². The van der Waals surface area contributed by atoms with Crippen LogP contribution in [0.4, 0.5) is 5.69 Å². The first-order valence-electron chi connectivity index (χ1n) is 6.96. The predicted molar refractivity (Wildman–Crippen MR) is 109 cm³/mol. The standard InChI is InChI=1S/C17H21N3S.HI/c1-13-3-7-15(8-4-13)20-17(18)19-11-12-21-16-9-5-14(2)6-10-16;/h3-10H,11-12H2,1-2H3,(H3,18,19,20);1H. The molecule has 0 aliphatic rings. The number of rotatable bonds is 5. The summed E-state index contributed by atoms with van der Waals surface area (Å²) < 4.78 is 0. The number of hydrogen-bond donors (Lipinski definition) is 2. The van der Waals surface area contributed by atoms with Crippen LogP contribution in [0.15, 0.2) is 58.4 Å². The van der Waals surface area contributed by atoms with Gasteiger partial charge in [0, 0.05) is 16.3 Å². The molecule has 5 heteroatoms. The molecule has 0 radical (unpaired) electrons. The van der Waals surface area contributed by atoms with Gasteiger partial charge in [-0.05, 0) is 38.1 Å². The van der Waals surface area contributed by atoms with Crippen LogP contribution in [0.25, 0.3) is 0 Å². The van der Waals surface area contributed by atoms with Gasteiger partial charge < -0.3 is 11.1 Å². The van der Waals surface area contributed by atoms with Crippen LogP contribution in [0.2, 0.25) is 0 Å². The summed E-state index contributed by atoms with van der Waals surface area (Å²) >= 11 is 1.79. The van der Waals surface area contributed by atoms with Crippen molar-refractivity contribution in [1.82, 2.24) is 0 Å². The van der Waals surface area contributed by atoms with E-state index >= 15 is 0 Å². The smallest absolute Gasteiger partial charge is 0.193 e. The maximum Gasteiger partial charge on any atom is 0.193 e. The Morgan fingerprint density at radius 3 is 2.14 bits per heavy atom. The lowest BCUT2D eigenvalue weighted by Crippen LogP contribution is -2.23. The number of nitrogens with two attached hydrogens (primary N) is 1. The van der Waals surface area contributed by atoms with E-state index in [2.05, 4.69) is 48.4 Å². The van der Waals surface area contributed by atoms with Gasteiger partial charge in [-0.3, -0.25) is 4.99 Å². The minimum absolute atomic E-state index is 0. The van der Waals surface area contributed by atoms with E-state index in [1.165, 1.54) is 16.0 Å². The second-order valence-corrected chi connectivity index (χ2v) is 6.09. The maximum atomic E-state index is 5.87. The van der Waals surface area contributed by atoms with E-state index in [9.17, 15) is 0 Å². The van der Waals surface area contributed by atoms with Crippen LogP contribution in [0, 0.1) is 13.8 Å². The summed E-state index contributed by atoms with van der Waals surface area (Å²) in [5, 5.41) is 3.09. The van der Waals surface area contributed by atoms with Gasteiger partial charge in [0.1, 0.15) is 0 Å². The molecule has 0 bridgehead atoms. The number of nitrogens with one attached hydrogen (secondary N) is 1. The highest BCUT2D eigenvalue weighted by Gasteiger charge is 1.96. The maximum absolute atomic E-state index is 5.87. The number of thioether (sulfide) groups is 1. The highest BCUT2D eigenvalue weighted by atomic mass is 127. The van der Waals surface area contributed by atoms with E-state index in [1.807, 2.05) is 24.3 Å². The van der Waals surface area contributed by atoms with Gasteiger partial charge in [0.05, 0.1) is 6.54 Å². The topological polar surface area (TPSA) is 50.4 Å². The molecule has 0 saturated carbocycles. The van der Waals surface area contributed by atoms with Gasteiger partial charge in [-0.15, -0.1) is 35.7 Å². The predicted octanol–water partition coefficient (Wildman–Crippen LogP) is 4.44. The zero-order valence-electron chi connectivity index (χ0n) is 12.9. The van der Waals surface area contributed by atoms with E-state index in [0.29, 0.717) is 12.5 Å². The Balaban J connectivity index is 0.00000242. The summed E-state index contributed by atoms with van der Waals surface area (Å²) in [4.78, 5) is 5.60. The SMILES string of the molecule is Cc1ccc(NC(N)=NCCSc2ccc(C)cc2)cc1.I. The zero-order chi connectivity index (χ0) is 15.1. The van der Waals surface area contributed by atoms with Crippen LogP contribution in [-0.4, -0.2) is 18.3 Å². The summed E-state index contributed by atoms with van der Waals surface area (Å²) in [6, 6.07) is 16.6. The number of aryl methyl sites for hydroxylation is 2. The molecule has 22 heavy (non-hydrogen) atoms. The van der Waals surface area contributed by atoms with Gasteiger partial charge in [0.25, 0.3) is 0 Å². The van der Waals surface area contributed by atoms with Crippen molar-refractivity contribution in [3.63, 3.8) is 0 Å². The molecule has 0 fully saturated rings. The van der Waals surface area contributed by atoms with Gasteiger partial charge in [-0.2, -0.15) is 0 Å². The Kier molecular flexibility index (Phi) is 8.34. The van der Waals surface area contributed by atoms with Gasteiger partial charge >= 0.3 is 0 Å². The molecular formula is C17H22IN3S. The van der Waals surface area contributed by atoms with E-state index in [4.69, 9.17) is 5.73 Å². The Morgan fingerprint density at radius 2 is 1.55 bits per heavy atom. The lowest BCUT2D eigenvalue weighted by Gasteiger charge is -2.06. The summed E-state index contributed by atoms with van der Waals surface area (Å²) in [5.74, 6) is 1.38. The summed E-state index contributed by atoms with van der Waals surface area (Å²) in [5.41, 5.74) is 9.35. The van der Waals surface area contributed by atoms with Crippen LogP contribution in [0.1, 0.15) is 11.1 Å². The largest absolute Gasteiger partial charge is 0.370 e. The Bertz CT molecular complexity index is 594. The van der Waals surface area contributed by atoms with Crippen molar-refractivity contribution in [2.24, 2.45) is 10.7 Å². The number of guanidine groups is 1. The summed E-state index contributed by atoms with van der Waals surface area (Å²) in [7, 11) is 0. The Hall–Kier alpha value is -1.21. The van der Waals surface area contributed by atoms with E-state index < -0.39 is 0 Å². The molecule has 0 aliphatic carbocycles. The van der Waals surface area contributed by atoms with E-state index in [1.54, 1.807) is 11.8 Å². The molecule has 118 valence electrons. The lowest BCUT2D eigenvalue weighted by molar-refractivity contribution is 1.13. The summed E-state index contributed by atoms with van der Waals surface area (Å²) in [6.07, 6.45) is 0. The monoisotopic (exact) mass is 427 g/mol. The van der Waals surface area contributed by atoms with Gasteiger partial charge in [0.15, 0.2) is 5.96 Å². The molecule has 3 N–H and O–H groups in total. The second-order valence-electron chi connectivity index (χ2n) is 4.92. The third-order valence-electron chi connectivity index (χ3n) is 2.99. The molecule has 0 unspecified atom stereocenters. The number of nitrogens with zero attached hydrogens (tertiary/aromatic N) is 1. The molecule has 0 aromatic heterocycles. The fourth-order valence-corrected chi connectivity index (χ4v) is 2.54. The molecule has 0 saturated heterocycles. The second kappa shape index (κ2) is 9.74. The van der Waals surface area contributed by atoms with E-state index in [0.717, 1.165) is 11.4 Å². The van der Waals surface area contributed by atoms with Crippen LogP contribution in [-0.2, 0) is 0 Å². The zero-order valence-corrected chi connectivity index (χ0v) is 16.0. The van der Waals surface area contributed by atoms with Crippen LogP contribution in [0.3, 0.4) is 0 Å². The van der Waals surface area contributed by atoms with Crippen molar-refractivity contribution >= 4 is 47.4 Å². The minimum atomic E-state index is 0. The van der Waals surface area contributed by atoms with Crippen LogP contribution in [0.5, 0.6) is 0 Å². The van der Waals surface area contributed by atoms with Crippen molar-refractivity contribution in [1.29, 1.82) is 0 Å². The molecule has 0 aliphatic heterocycles.